The lowest BCUT2D eigenvalue weighted by atomic mass is 9.93. The number of halogens is 1. The number of hydrogen-bond acceptors (Lipinski definition) is 4. The summed E-state index contributed by atoms with van der Waals surface area (Å²) in [5.41, 5.74) is 7.40. The quantitative estimate of drug-likeness (QED) is 0.726. The molecular formula is C17H13ClN4O2. The fourth-order valence-electron chi connectivity index (χ4n) is 3.14. The predicted octanol–water partition coefficient (Wildman–Crippen LogP) is 2.69. The van der Waals surface area contributed by atoms with Crippen LogP contribution >= 0.6 is 11.6 Å². The maximum Gasteiger partial charge on any atom is 0.251 e. The van der Waals surface area contributed by atoms with Gasteiger partial charge in [-0.3, -0.25) is 9.59 Å². The first kappa shape index (κ1) is 14.8. The highest BCUT2D eigenvalue weighted by atomic mass is 35.5. The molecule has 24 heavy (non-hydrogen) atoms. The number of nitrogens with two attached hydrogens (primary N) is 1. The Labute approximate surface area is 142 Å². The number of carbonyl (C=O) groups is 2. The molecule has 1 aliphatic carbocycles. The van der Waals surface area contributed by atoms with E-state index in [1.54, 1.807) is 16.8 Å². The highest BCUT2D eigenvalue weighted by molar-refractivity contribution is 6.29. The van der Waals surface area contributed by atoms with E-state index in [4.69, 9.17) is 17.3 Å². The van der Waals surface area contributed by atoms with E-state index in [1.165, 1.54) is 0 Å². The zero-order valence-corrected chi connectivity index (χ0v) is 13.4. The van der Waals surface area contributed by atoms with E-state index in [9.17, 15) is 9.59 Å². The normalized spacial score (nSPS) is 14.0. The average Bonchev–Trinajstić information content (AvgIpc) is 2.95. The van der Waals surface area contributed by atoms with Gasteiger partial charge in [-0.05, 0) is 37.1 Å². The third-order valence-corrected chi connectivity index (χ3v) is 4.43. The summed E-state index contributed by atoms with van der Waals surface area (Å²) >= 11 is 5.93. The summed E-state index contributed by atoms with van der Waals surface area (Å²) in [5, 5.41) is 1.21. The van der Waals surface area contributed by atoms with Crippen LogP contribution in [0.4, 0.5) is 0 Å². The van der Waals surface area contributed by atoms with Crippen molar-refractivity contribution in [3.63, 3.8) is 0 Å². The Hall–Kier alpha value is -2.73. The van der Waals surface area contributed by atoms with E-state index >= 15 is 0 Å². The van der Waals surface area contributed by atoms with Crippen LogP contribution in [0.2, 0.25) is 5.15 Å². The van der Waals surface area contributed by atoms with Gasteiger partial charge in [-0.1, -0.05) is 11.6 Å². The first-order chi connectivity index (χ1) is 11.5. The highest BCUT2D eigenvalue weighted by Crippen LogP contribution is 2.29. The van der Waals surface area contributed by atoms with Crippen LogP contribution in [0.1, 0.15) is 39.3 Å². The van der Waals surface area contributed by atoms with Gasteiger partial charge in [-0.25, -0.2) is 9.97 Å². The van der Waals surface area contributed by atoms with E-state index in [0.29, 0.717) is 35.0 Å². The average molecular weight is 341 g/mol. The predicted molar refractivity (Wildman–Crippen MR) is 89.7 cm³/mol. The maximum absolute atomic E-state index is 12.2. The van der Waals surface area contributed by atoms with Gasteiger partial charge in [0.25, 0.3) is 5.91 Å². The minimum atomic E-state index is -0.609. The fourth-order valence-corrected chi connectivity index (χ4v) is 3.28. The van der Waals surface area contributed by atoms with Crippen molar-refractivity contribution in [1.29, 1.82) is 0 Å². The van der Waals surface area contributed by atoms with Crippen LogP contribution in [-0.4, -0.2) is 26.2 Å². The molecule has 2 N–H and O–H groups in total. The number of aromatic nitrogens is 3. The van der Waals surface area contributed by atoms with E-state index in [2.05, 4.69) is 9.97 Å². The van der Waals surface area contributed by atoms with Gasteiger partial charge < -0.3 is 10.3 Å². The Bertz CT molecular complexity index is 1010. The Balaban J connectivity index is 1.95. The summed E-state index contributed by atoms with van der Waals surface area (Å²) in [6.07, 6.45) is 3.46. The van der Waals surface area contributed by atoms with Gasteiger partial charge in [0.2, 0.25) is 0 Å². The second-order valence-electron chi connectivity index (χ2n) is 5.73. The molecule has 0 spiro atoms. The molecular weight excluding hydrogens is 328 g/mol. The zero-order chi connectivity index (χ0) is 16.8. The number of pyridine rings is 2. The molecule has 120 valence electrons. The molecule has 0 atom stereocenters. The number of rotatable bonds is 2. The van der Waals surface area contributed by atoms with Crippen molar-refractivity contribution in [2.45, 2.75) is 19.3 Å². The molecule has 0 unspecified atom stereocenters. The van der Waals surface area contributed by atoms with E-state index < -0.39 is 5.91 Å². The zero-order valence-electron chi connectivity index (χ0n) is 12.6. The molecule has 3 aromatic rings. The number of Topliss-reactive ketones (excluding diaryl/α,β-unsaturated/α-hetero) is 1. The molecule has 0 saturated carbocycles. The molecule has 0 fully saturated rings. The van der Waals surface area contributed by atoms with Crippen LogP contribution in [0.15, 0.2) is 30.5 Å². The second-order valence-corrected chi connectivity index (χ2v) is 6.11. The number of fused-ring (bicyclic) bond motifs is 2. The van der Waals surface area contributed by atoms with Gasteiger partial charge in [-0.15, -0.1) is 0 Å². The molecule has 1 aliphatic rings. The molecule has 0 radical (unpaired) electrons. The first-order valence-corrected chi connectivity index (χ1v) is 7.93. The number of primary amides is 1. The van der Waals surface area contributed by atoms with Gasteiger partial charge in [0, 0.05) is 23.7 Å². The third kappa shape index (κ3) is 2.27. The lowest BCUT2D eigenvalue weighted by Gasteiger charge is -2.14. The largest absolute Gasteiger partial charge is 0.366 e. The smallest absolute Gasteiger partial charge is 0.251 e. The van der Waals surface area contributed by atoms with Gasteiger partial charge in [0.05, 0.1) is 11.1 Å². The standard InChI is InChI=1S/C17H13ClN4O2/c18-13-6-4-9-5-7-14(21-17(9)20-13)22-8-10(16(19)24)15-11(22)2-1-3-12(15)23/h4-8H,1-3H2,(H2,19,24). The lowest BCUT2D eigenvalue weighted by molar-refractivity contribution is 0.0950. The van der Waals surface area contributed by atoms with Crippen molar-refractivity contribution in [3.05, 3.63) is 52.4 Å². The summed E-state index contributed by atoms with van der Waals surface area (Å²) in [4.78, 5) is 32.7. The van der Waals surface area contributed by atoms with Crippen LogP contribution in [0.25, 0.3) is 16.9 Å². The minimum Gasteiger partial charge on any atom is -0.366 e. The number of ketones is 1. The van der Waals surface area contributed by atoms with Crippen molar-refractivity contribution in [3.8, 4) is 5.82 Å². The van der Waals surface area contributed by atoms with Crippen LogP contribution in [-0.2, 0) is 6.42 Å². The van der Waals surface area contributed by atoms with E-state index in [0.717, 1.165) is 17.5 Å². The summed E-state index contributed by atoms with van der Waals surface area (Å²) in [7, 11) is 0. The fraction of sp³-hybridized carbons (Fsp3) is 0.176. The van der Waals surface area contributed by atoms with E-state index in [-0.39, 0.29) is 11.3 Å². The molecule has 0 saturated heterocycles. The Morgan fingerprint density at radius 2 is 1.96 bits per heavy atom. The summed E-state index contributed by atoms with van der Waals surface area (Å²) in [6, 6.07) is 7.24. The topological polar surface area (TPSA) is 90.9 Å². The summed E-state index contributed by atoms with van der Waals surface area (Å²) in [5.74, 6) is -0.0799. The Morgan fingerprint density at radius 3 is 2.75 bits per heavy atom. The molecule has 4 rings (SSSR count). The van der Waals surface area contributed by atoms with Crippen LogP contribution in [0, 0.1) is 0 Å². The number of amides is 1. The van der Waals surface area contributed by atoms with Crippen molar-refractivity contribution in [2.75, 3.05) is 0 Å². The molecule has 1 amide bonds. The van der Waals surface area contributed by atoms with Gasteiger partial charge in [-0.2, -0.15) is 0 Å². The number of nitrogens with zero attached hydrogens (tertiary/aromatic N) is 3. The Kier molecular flexibility index (Phi) is 3.35. The third-order valence-electron chi connectivity index (χ3n) is 4.22. The molecule has 6 nitrogen and oxygen atoms in total. The van der Waals surface area contributed by atoms with Gasteiger partial charge >= 0.3 is 0 Å². The number of carbonyl (C=O) groups excluding carboxylic acids is 2. The summed E-state index contributed by atoms with van der Waals surface area (Å²) < 4.78 is 1.76. The van der Waals surface area contributed by atoms with Crippen LogP contribution in [0.3, 0.4) is 0 Å². The molecule has 0 aliphatic heterocycles. The van der Waals surface area contributed by atoms with Crippen molar-refractivity contribution in [1.82, 2.24) is 14.5 Å². The number of hydrogen-bond donors (Lipinski definition) is 1. The Morgan fingerprint density at radius 1 is 1.17 bits per heavy atom. The summed E-state index contributed by atoms with van der Waals surface area (Å²) in [6.45, 7) is 0. The van der Waals surface area contributed by atoms with Gasteiger partial charge in [0.1, 0.15) is 11.0 Å². The van der Waals surface area contributed by atoms with Crippen molar-refractivity contribution >= 4 is 34.3 Å². The van der Waals surface area contributed by atoms with Gasteiger partial charge in [0.15, 0.2) is 11.4 Å². The minimum absolute atomic E-state index is 0.0502. The monoisotopic (exact) mass is 340 g/mol. The highest BCUT2D eigenvalue weighted by Gasteiger charge is 2.28. The molecule has 7 heteroatoms. The van der Waals surface area contributed by atoms with Crippen LogP contribution in [0.5, 0.6) is 0 Å². The lowest BCUT2D eigenvalue weighted by Crippen LogP contribution is -2.18. The van der Waals surface area contributed by atoms with Crippen molar-refractivity contribution < 1.29 is 9.59 Å². The second kappa shape index (κ2) is 5.42. The molecule has 0 aromatic carbocycles. The SMILES string of the molecule is NC(=O)c1cn(-c2ccc3ccc(Cl)nc3n2)c2c1C(=O)CCC2. The van der Waals surface area contributed by atoms with Crippen molar-refractivity contribution in [2.24, 2.45) is 5.73 Å². The maximum atomic E-state index is 12.2. The van der Waals surface area contributed by atoms with Crippen LogP contribution < -0.4 is 5.73 Å². The molecule has 3 heterocycles. The molecule has 3 aromatic heterocycles. The molecule has 0 bridgehead atoms. The van der Waals surface area contributed by atoms with E-state index in [1.807, 2.05) is 18.2 Å². The first-order valence-electron chi connectivity index (χ1n) is 7.55.